The van der Waals surface area contributed by atoms with Gasteiger partial charge in [-0.05, 0) is 17.7 Å². The van der Waals surface area contributed by atoms with Gasteiger partial charge in [0.05, 0.1) is 19.0 Å². The van der Waals surface area contributed by atoms with E-state index >= 15 is 0 Å². The SMILES string of the molecule is CNC(=O)CNc1ccc(CC#N)cc1. The highest BCUT2D eigenvalue weighted by atomic mass is 16.1. The molecular formula is C11H13N3O. The van der Waals surface area contributed by atoms with Crippen molar-refractivity contribution in [3.05, 3.63) is 29.8 Å². The Morgan fingerprint density at radius 3 is 2.60 bits per heavy atom. The molecule has 1 aromatic rings. The average Bonchev–Trinajstić information content (AvgIpc) is 2.28. The number of likely N-dealkylation sites (N-methyl/N-ethyl adjacent to an activating group) is 1. The lowest BCUT2D eigenvalue weighted by Crippen LogP contribution is -2.26. The summed E-state index contributed by atoms with van der Waals surface area (Å²) in [5.74, 6) is -0.0592. The maximum atomic E-state index is 10.9. The highest BCUT2D eigenvalue weighted by Crippen LogP contribution is 2.09. The molecule has 2 N–H and O–H groups in total. The number of amides is 1. The number of nitrogens with one attached hydrogen (secondary N) is 2. The van der Waals surface area contributed by atoms with Crippen LogP contribution in [0, 0.1) is 11.3 Å². The van der Waals surface area contributed by atoms with Gasteiger partial charge in [0.2, 0.25) is 5.91 Å². The first-order chi connectivity index (χ1) is 7.26. The van der Waals surface area contributed by atoms with Gasteiger partial charge in [0.25, 0.3) is 0 Å². The van der Waals surface area contributed by atoms with E-state index in [2.05, 4.69) is 16.7 Å². The van der Waals surface area contributed by atoms with Crippen LogP contribution in [0.3, 0.4) is 0 Å². The van der Waals surface area contributed by atoms with Crippen molar-refractivity contribution in [2.45, 2.75) is 6.42 Å². The molecular weight excluding hydrogens is 190 g/mol. The van der Waals surface area contributed by atoms with Gasteiger partial charge < -0.3 is 10.6 Å². The first-order valence-corrected chi connectivity index (χ1v) is 4.66. The van der Waals surface area contributed by atoms with Crippen molar-refractivity contribution >= 4 is 11.6 Å². The summed E-state index contributed by atoms with van der Waals surface area (Å²) in [6.45, 7) is 0.258. The molecule has 0 aromatic heterocycles. The predicted octanol–water partition coefficient (Wildman–Crippen LogP) is 0.911. The minimum Gasteiger partial charge on any atom is -0.376 e. The van der Waals surface area contributed by atoms with Gasteiger partial charge in [-0.3, -0.25) is 4.79 Å². The van der Waals surface area contributed by atoms with Crippen molar-refractivity contribution < 1.29 is 4.79 Å². The fraction of sp³-hybridized carbons (Fsp3) is 0.273. The molecule has 0 aliphatic rings. The molecule has 4 heteroatoms. The number of carbonyl (C=O) groups excluding carboxylic acids is 1. The van der Waals surface area contributed by atoms with Crippen LogP contribution in [0.15, 0.2) is 24.3 Å². The topological polar surface area (TPSA) is 64.9 Å². The molecule has 0 aliphatic carbocycles. The van der Waals surface area contributed by atoms with Gasteiger partial charge in [-0.2, -0.15) is 5.26 Å². The molecule has 0 saturated carbocycles. The molecule has 1 aromatic carbocycles. The lowest BCUT2D eigenvalue weighted by Gasteiger charge is -2.05. The number of anilines is 1. The molecule has 0 radical (unpaired) electrons. The van der Waals surface area contributed by atoms with Crippen LogP contribution in [0.5, 0.6) is 0 Å². The molecule has 0 unspecified atom stereocenters. The Bertz CT molecular complexity index is 364. The second kappa shape index (κ2) is 5.66. The van der Waals surface area contributed by atoms with Gasteiger partial charge in [-0.15, -0.1) is 0 Å². The van der Waals surface area contributed by atoms with Crippen LogP contribution in [-0.4, -0.2) is 19.5 Å². The molecule has 0 spiro atoms. The molecule has 0 saturated heterocycles. The van der Waals surface area contributed by atoms with E-state index in [1.807, 2.05) is 24.3 Å². The van der Waals surface area contributed by atoms with Crippen molar-refractivity contribution in [2.24, 2.45) is 0 Å². The fourth-order valence-corrected chi connectivity index (χ4v) is 1.10. The Kier molecular flexibility index (Phi) is 4.17. The Labute approximate surface area is 88.9 Å². The van der Waals surface area contributed by atoms with E-state index in [4.69, 9.17) is 5.26 Å². The van der Waals surface area contributed by atoms with Crippen LogP contribution in [0.25, 0.3) is 0 Å². The number of hydrogen-bond donors (Lipinski definition) is 2. The molecule has 0 heterocycles. The molecule has 0 aliphatic heterocycles. The Balaban J connectivity index is 2.50. The lowest BCUT2D eigenvalue weighted by atomic mass is 10.1. The number of nitrogens with zero attached hydrogens (tertiary/aromatic N) is 1. The average molecular weight is 203 g/mol. The fourth-order valence-electron chi connectivity index (χ4n) is 1.10. The maximum Gasteiger partial charge on any atom is 0.239 e. The van der Waals surface area contributed by atoms with E-state index in [1.165, 1.54) is 0 Å². The third-order valence-electron chi connectivity index (χ3n) is 1.97. The molecule has 15 heavy (non-hydrogen) atoms. The van der Waals surface area contributed by atoms with Crippen LogP contribution in [0.1, 0.15) is 5.56 Å². The smallest absolute Gasteiger partial charge is 0.239 e. The second-order valence-electron chi connectivity index (χ2n) is 3.06. The summed E-state index contributed by atoms with van der Waals surface area (Å²) in [4.78, 5) is 10.9. The van der Waals surface area contributed by atoms with E-state index < -0.39 is 0 Å². The lowest BCUT2D eigenvalue weighted by molar-refractivity contribution is -0.118. The minimum atomic E-state index is -0.0592. The quantitative estimate of drug-likeness (QED) is 0.764. The van der Waals surface area contributed by atoms with Crippen LogP contribution in [0.4, 0.5) is 5.69 Å². The van der Waals surface area contributed by atoms with Gasteiger partial charge in [-0.25, -0.2) is 0 Å². The Morgan fingerprint density at radius 2 is 2.07 bits per heavy atom. The second-order valence-corrected chi connectivity index (χ2v) is 3.06. The Morgan fingerprint density at radius 1 is 1.40 bits per heavy atom. The van der Waals surface area contributed by atoms with Crippen molar-refractivity contribution in [1.82, 2.24) is 5.32 Å². The van der Waals surface area contributed by atoms with Crippen LogP contribution in [-0.2, 0) is 11.2 Å². The third-order valence-corrected chi connectivity index (χ3v) is 1.97. The molecule has 0 bridgehead atoms. The molecule has 4 nitrogen and oxygen atoms in total. The maximum absolute atomic E-state index is 10.9. The van der Waals surface area contributed by atoms with E-state index in [1.54, 1.807) is 7.05 Å². The van der Waals surface area contributed by atoms with Crippen molar-refractivity contribution in [3.63, 3.8) is 0 Å². The summed E-state index contributed by atoms with van der Waals surface area (Å²) >= 11 is 0. The van der Waals surface area contributed by atoms with Gasteiger partial charge in [0, 0.05) is 12.7 Å². The first-order valence-electron chi connectivity index (χ1n) is 4.66. The summed E-state index contributed by atoms with van der Waals surface area (Å²) in [5, 5.41) is 14.0. The van der Waals surface area contributed by atoms with Gasteiger partial charge in [0.15, 0.2) is 0 Å². The van der Waals surface area contributed by atoms with Crippen molar-refractivity contribution in [2.75, 3.05) is 18.9 Å². The van der Waals surface area contributed by atoms with E-state index in [0.717, 1.165) is 11.3 Å². The molecule has 1 rings (SSSR count). The number of hydrogen-bond acceptors (Lipinski definition) is 3. The molecule has 1 amide bonds. The monoisotopic (exact) mass is 203 g/mol. The summed E-state index contributed by atoms with van der Waals surface area (Å²) in [6.07, 6.45) is 0.412. The zero-order valence-corrected chi connectivity index (χ0v) is 8.58. The van der Waals surface area contributed by atoms with Crippen LogP contribution < -0.4 is 10.6 Å². The first kappa shape index (κ1) is 11.1. The molecule has 78 valence electrons. The molecule has 0 atom stereocenters. The summed E-state index contributed by atoms with van der Waals surface area (Å²) in [7, 11) is 1.60. The number of rotatable bonds is 4. The molecule has 0 fully saturated rings. The van der Waals surface area contributed by atoms with E-state index in [-0.39, 0.29) is 12.5 Å². The normalized spacial score (nSPS) is 9.07. The van der Waals surface area contributed by atoms with Crippen molar-refractivity contribution in [3.8, 4) is 6.07 Å². The van der Waals surface area contributed by atoms with Gasteiger partial charge >= 0.3 is 0 Å². The highest BCUT2D eigenvalue weighted by molar-refractivity contribution is 5.80. The predicted molar refractivity (Wildman–Crippen MR) is 58.3 cm³/mol. The Hall–Kier alpha value is -2.02. The van der Waals surface area contributed by atoms with E-state index in [9.17, 15) is 4.79 Å². The zero-order valence-electron chi connectivity index (χ0n) is 8.58. The number of benzene rings is 1. The van der Waals surface area contributed by atoms with Gasteiger partial charge in [0.1, 0.15) is 0 Å². The van der Waals surface area contributed by atoms with Gasteiger partial charge in [-0.1, -0.05) is 12.1 Å². The largest absolute Gasteiger partial charge is 0.376 e. The standard InChI is InChI=1S/C11H13N3O/c1-13-11(15)8-14-10-4-2-9(3-5-10)6-7-12/h2-5,14H,6,8H2,1H3,(H,13,15). The summed E-state index contributed by atoms with van der Waals surface area (Å²) in [6, 6.07) is 9.53. The highest BCUT2D eigenvalue weighted by Gasteiger charge is 1.97. The summed E-state index contributed by atoms with van der Waals surface area (Å²) < 4.78 is 0. The van der Waals surface area contributed by atoms with Crippen LogP contribution >= 0.6 is 0 Å². The third kappa shape index (κ3) is 3.69. The van der Waals surface area contributed by atoms with Crippen LogP contribution in [0.2, 0.25) is 0 Å². The number of carbonyl (C=O) groups is 1. The minimum absolute atomic E-state index is 0.0592. The zero-order chi connectivity index (χ0) is 11.1. The van der Waals surface area contributed by atoms with E-state index in [0.29, 0.717) is 6.42 Å². The number of nitriles is 1. The van der Waals surface area contributed by atoms with Crippen molar-refractivity contribution in [1.29, 1.82) is 5.26 Å². The summed E-state index contributed by atoms with van der Waals surface area (Å²) in [5.41, 5.74) is 1.85.